The molecule has 3 atom stereocenters. The lowest BCUT2D eigenvalue weighted by molar-refractivity contribution is -0.115. The Morgan fingerprint density at radius 1 is 1.26 bits per heavy atom. The van der Waals surface area contributed by atoms with Crippen LogP contribution in [-0.2, 0) is 9.53 Å². The number of carbonyl (C=O) groups is 2. The molecule has 31 heavy (non-hydrogen) atoms. The third-order valence-corrected chi connectivity index (χ3v) is 6.37. The lowest BCUT2D eigenvalue weighted by atomic mass is 10.0. The van der Waals surface area contributed by atoms with Gasteiger partial charge in [0.05, 0.1) is 11.7 Å². The Bertz CT molecular complexity index is 780. The number of nitrogens with zero attached hydrogens (tertiary/aromatic N) is 2. The van der Waals surface area contributed by atoms with Crippen molar-refractivity contribution in [2.24, 2.45) is 11.8 Å². The number of amides is 2. The first-order valence-corrected chi connectivity index (χ1v) is 11.4. The number of hydrogen-bond acceptors (Lipinski definition) is 5. The molecule has 2 amide bonds. The van der Waals surface area contributed by atoms with Gasteiger partial charge in [-0.25, -0.2) is 0 Å². The van der Waals surface area contributed by atoms with E-state index in [1.54, 1.807) is 44.2 Å². The molecule has 1 saturated carbocycles. The molecule has 1 aromatic rings. The average Bonchev–Trinajstić information content (AvgIpc) is 3.58. The van der Waals surface area contributed by atoms with Gasteiger partial charge in [0.1, 0.15) is 12.4 Å². The second-order valence-corrected chi connectivity index (χ2v) is 9.11. The molecule has 0 unspecified atom stereocenters. The van der Waals surface area contributed by atoms with E-state index in [0.29, 0.717) is 36.6 Å². The van der Waals surface area contributed by atoms with Crippen LogP contribution in [0.2, 0.25) is 0 Å². The van der Waals surface area contributed by atoms with Crippen LogP contribution >= 0.6 is 0 Å². The summed E-state index contributed by atoms with van der Waals surface area (Å²) in [5.41, 5.74) is 1.14. The Morgan fingerprint density at radius 2 is 2.00 bits per heavy atom. The standard InChI is InChI=1S/C24H37N3O4/c1-6-23(28)25-19-9-10-20-21(11-19)31-15-17(3)27(13-18-7-8-18)12-16(2)22(30-5)14-26(4)24(20)29/h9-11,16-18,22H,6-8,12-15H2,1-5H3,(H,25,28)/t16-,17-,22+/m1/s1. The Hall–Kier alpha value is -2.12. The number of carbonyl (C=O) groups excluding carboxylic acids is 2. The number of benzene rings is 1. The van der Waals surface area contributed by atoms with Crippen LogP contribution in [0, 0.1) is 11.8 Å². The normalized spacial score (nSPS) is 25.8. The quantitative estimate of drug-likeness (QED) is 0.775. The molecule has 1 N–H and O–H groups in total. The zero-order valence-corrected chi connectivity index (χ0v) is 19.5. The van der Waals surface area contributed by atoms with E-state index in [-0.39, 0.29) is 29.9 Å². The third-order valence-electron chi connectivity index (χ3n) is 6.37. The number of rotatable bonds is 5. The van der Waals surface area contributed by atoms with E-state index in [1.165, 1.54) is 12.8 Å². The van der Waals surface area contributed by atoms with Gasteiger partial charge in [0.25, 0.3) is 5.91 Å². The summed E-state index contributed by atoms with van der Waals surface area (Å²) < 4.78 is 12.0. The van der Waals surface area contributed by atoms with Crippen LogP contribution in [0.3, 0.4) is 0 Å². The fraction of sp³-hybridized carbons (Fsp3) is 0.667. The maximum Gasteiger partial charge on any atom is 0.257 e. The van der Waals surface area contributed by atoms with Crippen LogP contribution in [0.4, 0.5) is 5.69 Å². The summed E-state index contributed by atoms with van der Waals surface area (Å²) in [6.07, 6.45) is 2.94. The van der Waals surface area contributed by atoms with Gasteiger partial charge in [0, 0.05) is 58.0 Å². The van der Waals surface area contributed by atoms with Crippen molar-refractivity contribution in [3.8, 4) is 5.75 Å². The average molecular weight is 432 g/mol. The minimum Gasteiger partial charge on any atom is -0.491 e. The highest BCUT2D eigenvalue weighted by atomic mass is 16.5. The first-order valence-electron chi connectivity index (χ1n) is 11.4. The first-order chi connectivity index (χ1) is 14.8. The largest absolute Gasteiger partial charge is 0.491 e. The maximum atomic E-state index is 13.2. The van der Waals surface area contributed by atoms with Gasteiger partial charge in [-0.05, 0) is 43.7 Å². The molecule has 0 radical (unpaired) electrons. The molecular formula is C24H37N3O4. The van der Waals surface area contributed by atoms with Crippen molar-refractivity contribution in [2.75, 3.05) is 45.7 Å². The lowest BCUT2D eigenvalue weighted by Gasteiger charge is -2.36. The minimum absolute atomic E-state index is 0.0465. The fourth-order valence-electron chi connectivity index (χ4n) is 4.06. The summed E-state index contributed by atoms with van der Waals surface area (Å²) in [4.78, 5) is 29.2. The van der Waals surface area contributed by atoms with Gasteiger partial charge in [0.2, 0.25) is 5.91 Å². The zero-order chi connectivity index (χ0) is 22.5. The highest BCUT2D eigenvalue weighted by Crippen LogP contribution is 2.32. The fourth-order valence-corrected chi connectivity index (χ4v) is 4.06. The topological polar surface area (TPSA) is 71.1 Å². The Balaban J connectivity index is 1.90. The third kappa shape index (κ3) is 6.20. The summed E-state index contributed by atoms with van der Waals surface area (Å²) in [5.74, 6) is 1.38. The van der Waals surface area contributed by atoms with Crippen LogP contribution in [-0.4, -0.2) is 74.2 Å². The predicted octanol–water partition coefficient (Wildman–Crippen LogP) is 3.25. The number of ether oxygens (including phenoxy) is 2. The smallest absolute Gasteiger partial charge is 0.257 e. The van der Waals surface area contributed by atoms with Crippen LogP contribution < -0.4 is 10.1 Å². The summed E-state index contributed by atoms with van der Waals surface area (Å²) in [6, 6.07) is 5.46. The highest BCUT2D eigenvalue weighted by molar-refractivity contribution is 5.98. The van der Waals surface area contributed by atoms with Crippen LogP contribution in [0.25, 0.3) is 0 Å². The Kier molecular flexibility index (Phi) is 7.94. The molecule has 1 aromatic carbocycles. The molecule has 0 bridgehead atoms. The SMILES string of the molecule is CCC(=O)Nc1ccc2c(c1)OC[C@@H](C)N(CC1CC1)C[C@@H](C)[C@@H](OC)CN(C)C2=O. The van der Waals surface area contributed by atoms with Gasteiger partial charge in [0.15, 0.2) is 0 Å². The van der Waals surface area contributed by atoms with E-state index in [2.05, 4.69) is 24.1 Å². The van der Waals surface area contributed by atoms with E-state index >= 15 is 0 Å². The number of likely N-dealkylation sites (N-methyl/N-ethyl adjacent to an activating group) is 1. The number of methoxy groups -OCH3 is 1. The number of anilines is 1. The van der Waals surface area contributed by atoms with Gasteiger partial charge in [-0.3, -0.25) is 14.5 Å². The van der Waals surface area contributed by atoms with E-state index in [9.17, 15) is 9.59 Å². The molecule has 7 heteroatoms. The van der Waals surface area contributed by atoms with Gasteiger partial charge in [-0.15, -0.1) is 0 Å². The minimum atomic E-state index is -0.110. The molecule has 7 nitrogen and oxygen atoms in total. The zero-order valence-electron chi connectivity index (χ0n) is 19.5. The van der Waals surface area contributed by atoms with Crippen LogP contribution in [0.5, 0.6) is 5.75 Å². The Morgan fingerprint density at radius 3 is 2.65 bits per heavy atom. The van der Waals surface area contributed by atoms with Gasteiger partial charge < -0.3 is 19.7 Å². The molecule has 1 aliphatic carbocycles. The van der Waals surface area contributed by atoms with Crippen molar-refractivity contribution in [3.05, 3.63) is 23.8 Å². The van der Waals surface area contributed by atoms with Gasteiger partial charge >= 0.3 is 0 Å². The first kappa shape index (κ1) is 23.5. The summed E-state index contributed by atoms with van der Waals surface area (Å²) in [5, 5.41) is 2.86. The summed E-state index contributed by atoms with van der Waals surface area (Å²) in [6.45, 7) is 9.14. The number of fused-ring (bicyclic) bond motifs is 1. The second kappa shape index (κ2) is 10.5. The Labute approximate surface area is 186 Å². The molecule has 172 valence electrons. The summed E-state index contributed by atoms with van der Waals surface area (Å²) in [7, 11) is 3.52. The van der Waals surface area contributed by atoms with E-state index in [1.807, 2.05) is 0 Å². The molecule has 1 aliphatic heterocycles. The van der Waals surface area contributed by atoms with Crippen molar-refractivity contribution < 1.29 is 19.1 Å². The number of hydrogen-bond donors (Lipinski definition) is 1. The van der Waals surface area contributed by atoms with Gasteiger partial charge in [-0.1, -0.05) is 13.8 Å². The van der Waals surface area contributed by atoms with Crippen molar-refractivity contribution in [2.45, 2.75) is 52.2 Å². The second-order valence-electron chi connectivity index (χ2n) is 9.11. The monoisotopic (exact) mass is 431 g/mol. The predicted molar refractivity (Wildman–Crippen MR) is 122 cm³/mol. The molecular weight excluding hydrogens is 394 g/mol. The van der Waals surface area contributed by atoms with Crippen molar-refractivity contribution >= 4 is 17.5 Å². The van der Waals surface area contributed by atoms with Crippen LogP contribution in [0.1, 0.15) is 50.4 Å². The van der Waals surface area contributed by atoms with Crippen LogP contribution in [0.15, 0.2) is 18.2 Å². The number of nitrogens with one attached hydrogen (secondary N) is 1. The van der Waals surface area contributed by atoms with E-state index in [4.69, 9.17) is 9.47 Å². The van der Waals surface area contributed by atoms with Crippen molar-refractivity contribution in [1.29, 1.82) is 0 Å². The maximum absolute atomic E-state index is 13.2. The molecule has 0 spiro atoms. The van der Waals surface area contributed by atoms with E-state index < -0.39 is 0 Å². The van der Waals surface area contributed by atoms with Gasteiger partial charge in [-0.2, -0.15) is 0 Å². The molecule has 0 saturated heterocycles. The van der Waals surface area contributed by atoms with E-state index in [0.717, 1.165) is 19.0 Å². The molecule has 1 fully saturated rings. The molecule has 3 rings (SSSR count). The van der Waals surface area contributed by atoms with Crippen molar-refractivity contribution in [3.63, 3.8) is 0 Å². The lowest BCUT2D eigenvalue weighted by Crippen LogP contribution is -2.47. The molecule has 0 aromatic heterocycles. The highest BCUT2D eigenvalue weighted by Gasteiger charge is 2.31. The summed E-state index contributed by atoms with van der Waals surface area (Å²) >= 11 is 0. The molecule has 1 heterocycles. The molecule has 2 aliphatic rings. The van der Waals surface area contributed by atoms with Crippen molar-refractivity contribution in [1.82, 2.24) is 9.80 Å².